The van der Waals surface area contributed by atoms with Crippen molar-refractivity contribution in [2.75, 3.05) is 6.54 Å². The maximum atomic E-state index is 13.7. The van der Waals surface area contributed by atoms with Gasteiger partial charge >= 0.3 is 0 Å². The molecule has 1 heterocycles. The summed E-state index contributed by atoms with van der Waals surface area (Å²) < 4.78 is 0. The highest BCUT2D eigenvalue weighted by atomic mass is 16.2. The highest BCUT2D eigenvalue weighted by Crippen LogP contribution is 2.25. The molecule has 3 nitrogen and oxygen atoms in total. The van der Waals surface area contributed by atoms with Gasteiger partial charge in [0.15, 0.2) is 0 Å². The Hall–Kier alpha value is -1.12. The lowest BCUT2D eigenvalue weighted by Crippen LogP contribution is -2.37. The fourth-order valence-electron chi connectivity index (χ4n) is 9.06. The first-order chi connectivity index (χ1) is 27.2. The zero-order valence-electron chi connectivity index (χ0n) is 37.7. The van der Waals surface area contributed by atoms with Crippen molar-refractivity contribution in [1.82, 2.24) is 4.90 Å². The van der Waals surface area contributed by atoms with Crippen molar-refractivity contribution < 1.29 is 9.59 Å². The molecular weight excluding hydrogens is 671 g/mol. The second-order valence-electron chi connectivity index (χ2n) is 18.2. The Morgan fingerprint density at radius 3 is 1.24 bits per heavy atom. The molecule has 0 radical (unpaired) electrons. The molecule has 55 heavy (non-hydrogen) atoms. The molecule has 1 fully saturated rings. The first-order valence-electron chi connectivity index (χ1n) is 25.6. The highest BCUT2D eigenvalue weighted by Gasteiger charge is 2.21. The van der Waals surface area contributed by atoms with Crippen LogP contribution in [0.3, 0.4) is 0 Å². The lowest BCUT2D eigenvalue weighted by molar-refractivity contribution is -0.145. The van der Waals surface area contributed by atoms with Gasteiger partial charge in [-0.25, -0.2) is 0 Å². The van der Waals surface area contributed by atoms with E-state index < -0.39 is 0 Å². The van der Waals surface area contributed by atoms with Gasteiger partial charge in [0.2, 0.25) is 11.8 Å². The number of carbonyl (C=O) groups is 2. The van der Waals surface area contributed by atoms with E-state index in [0.29, 0.717) is 19.4 Å². The van der Waals surface area contributed by atoms with Gasteiger partial charge in [-0.2, -0.15) is 0 Å². The Bertz CT molecular complexity index is 822. The van der Waals surface area contributed by atoms with E-state index in [1.54, 1.807) is 4.90 Å². The van der Waals surface area contributed by atoms with Crippen LogP contribution in [0.5, 0.6) is 0 Å². The molecule has 324 valence electrons. The number of hydrogen-bond donors (Lipinski definition) is 0. The van der Waals surface area contributed by atoms with Gasteiger partial charge in [-0.15, -0.1) is 6.58 Å². The average Bonchev–Trinajstić information content (AvgIpc) is 3.18. The van der Waals surface area contributed by atoms with Crippen LogP contribution in [0.15, 0.2) is 12.7 Å². The molecule has 2 amide bonds. The molecule has 0 spiro atoms. The van der Waals surface area contributed by atoms with Gasteiger partial charge in [-0.05, 0) is 44.4 Å². The molecule has 0 N–H and O–H groups in total. The minimum Gasteiger partial charge on any atom is -0.283 e. The van der Waals surface area contributed by atoms with Crippen LogP contribution in [0.2, 0.25) is 0 Å². The molecular formula is C52H99NO2. The Balaban J connectivity index is 2.51. The van der Waals surface area contributed by atoms with Crippen molar-refractivity contribution >= 4 is 11.8 Å². The third-order valence-corrected chi connectivity index (χ3v) is 12.9. The summed E-state index contributed by atoms with van der Waals surface area (Å²) in [6.07, 6.45) is 60.1. The number of imide groups is 1. The average molecular weight is 770 g/mol. The summed E-state index contributed by atoms with van der Waals surface area (Å²) in [5.41, 5.74) is 0. The zero-order valence-corrected chi connectivity index (χ0v) is 37.7. The normalized spacial score (nSPS) is 18.4. The molecule has 1 aliphatic heterocycles. The molecule has 0 saturated carbocycles. The molecule has 1 saturated heterocycles. The van der Waals surface area contributed by atoms with Crippen LogP contribution in [-0.4, -0.2) is 23.3 Å². The molecule has 1 unspecified atom stereocenters. The first-order valence-corrected chi connectivity index (χ1v) is 25.6. The van der Waals surface area contributed by atoms with Crippen molar-refractivity contribution in [3.05, 3.63) is 12.7 Å². The molecule has 0 bridgehead atoms. The lowest BCUT2D eigenvalue weighted by Gasteiger charge is -2.22. The Labute approximate surface area is 346 Å². The van der Waals surface area contributed by atoms with Gasteiger partial charge in [-0.1, -0.05) is 251 Å². The van der Waals surface area contributed by atoms with E-state index in [4.69, 9.17) is 0 Å². The SMILES string of the molecule is C=CCCCCCCCCCCCCCCN1C(=O)CCCCCCCCCCCCCCCCC(CCCCCCCCCCCCCC)CCCC1=O. The van der Waals surface area contributed by atoms with E-state index in [1.807, 2.05) is 6.08 Å². The molecule has 1 rings (SSSR count). The maximum Gasteiger partial charge on any atom is 0.229 e. The summed E-state index contributed by atoms with van der Waals surface area (Å²) >= 11 is 0. The highest BCUT2D eigenvalue weighted by molar-refractivity contribution is 5.95. The number of unbranched alkanes of at least 4 members (excludes halogenated alkanes) is 23. The van der Waals surface area contributed by atoms with E-state index in [1.165, 1.54) is 244 Å². The standard InChI is InChI=1S/C52H99NO2/c1-3-5-7-9-11-13-15-17-22-26-30-34-38-42-49-53-51(54)47-41-37-33-29-25-21-19-18-20-24-28-32-36-40-45-50(46-43-48-52(53)55)44-39-35-31-27-23-16-14-12-10-8-6-4-2/h3,50H,1,4-49H2,2H3. The molecule has 3 heteroatoms. The van der Waals surface area contributed by atoms with Gasteiger partial charge in [0.1, 0.15) is 0 Å². The van der Waals surface area contributed by atoms with Crippen LogP contribution in [0.4, 0.5) is 0 Å². The second-order valence-corrected chi connectivity index (χ2v) is 18.2. The summed E-state index contributed by atoms with van der Waals surface area (Å²) in [5.74, 6) is 0.988. The number of rotatable bonds is 28. The minimum atomic E-state index is 0.112. The van der Waals surface area contributed by atoms with E-state index in [9.17, 15) is 9.59 Å². The van der Waals surface area contributed by atoms with E-state index >= 15 is 0 Å². The Morgan fingerprint density at radius 1 is 0.436 bits per heavy atom. The van der Waals surface area contributed by atoms with Gasteiger partial charge in [-0.3, -0.25) is 14.5 Å². The quantitative estimate of drug-likeness (QED) is 0.0451. The summed E-state index contributed by atoms with van der Waals surface area (Å²) in [6, 6.07) is 0. The van der Waals surface area contributed by atoms with Gasteiger partial charge in [0.25, 0.3) is 0 Å². The number of nitrogens with zero attached hydrogens (tertiary/aromatic N) is 1. The predicted molar refractivity (Wildman–Crippen MR) is 244 cm³/mol. The van der Waals surface area contributed by atoms with Crippen LogP contribution < -0.4 is 0 Å². The van der Waals surface area contributed by atoms with Crippen LogP contribution in [0.1, 0.15) is 296 Å². The number of carbonyl (C=O) groups excluding carboxylic acids is 2. The number of allylic oxidation sites excluding steroid dienone is 1. The van der Waals surface area contributed by atoms with Gasteiger partial charge in [0, 0.05) is 19.4 Å². The van der Waals surface area contributed by atoms with Gasteiger partial charge < -0.3 is 0 Å². The van der Waals surface area contributed by atoms with Crippen LogP contribution in [-0.2, 0) is 9.59 Å². The molecule has 1 atom stereocenters. The summed E-state index contributed by atoms with van der Waals surface area (Å²) in [5, 5.41) is 0. The fraction of sp³-hybridized carbons (Fsp3) is 0.923. The third kappa shape index (κ3) is 35.8. The molecule has 0 aromatic rings. The number of amides is 2. The van der Waals surface area contributed by atoms with E-state index in [-0.39, 0.29) is 11.8 Å². The molecule has 0 aromatic heterocycles. The van der Waals surface area contributed by atoms with Crippen LogP contribution in [0, 0.1) is 5.92 Å². The van der Waals surface area contributed by atoms with E-state index in [2.05, 4.69) is 13.5 Å². The minimum absolute atomic E-state index is 0.112. The van der Waals surface area contributed by atoms with Crippen LogP contribution >= 0.6 is 0 Å². The smallest absolute Gasteiger partial charge is 0.229 e. The van der Waals surface area contributed by atoms with Crippen molar-refractivity contribution in [3.63, 3.8) is 0 Å². The van der Waals surface area contributed by atoms with E-state index in [0.717, 1.165) is 38.0 Å². The Kier molecular flexibility index (Phi) is 40.1. The second kappa shape index (κ2) is 42.5. The molecule has 0 aromatic carbocycles. The maximum absolute atomic E-state index is 13.7. The van der Waals surface area contributed by atoms with Crippen molar-refractivity contribution in [1.29, 1.82) is 0 Å². The third-order valence-electron chi connectivity index (χ3n) is 12.9. The van der Waals surface area contributed by atoms with Crippen LogP contribution in [0.25, 0.3) is 0 Å². The largest absolute Gasteiger partial charge is 0.283 e. The topological polar surface area (TPSA) is 37.4 Å². The van der Waals surface area contributed by atoms with Crippen molar-refractivity contribution in [2.24, 2.45) is 5.92 Å². The summed E-state index contributed by atoms with van der Waals surface area (Å²) in [4.78, 5) is 28.8. The predicted octanol–water partition coefficient (Wildman–Crippen LogP) is 17.7. The molecule has 0 aliphatic carbocycles. The summed E-state index contributed by atoms with van der Waals surface area (Å²) in [7, 11) is 0. The first kappa shape index (κ1) is 51.9. The zero-order chi connectivity index (χ0) is 39.5. The van der Waals surface area contributed by atoms with Gasteiger partial charge in [0.05, 0.1) is 0 Å². The lowest BCUT2D eigenvalue weighted by atomic mass is 9.89. The monoisotopic (exact) mass is 770 g/mol. The Morgan fingerprint density at radius 2 is 0.782 bits per heavy atom. The van der Waals surface area contributed by atoms with Crippen molar-refractivity contribution in [2.45, 2.75) is 296 Å². The van der Waals surface area contributed by atoms with Crippen molar-refractivity contribution in [3.8, 4) is 0 Å². The molecule has 1 aliphatic rings. The number of hydrogen-bond acceptors (Lipinski definition) is 2. The summed E-state index contributed by atoms with van der Waals surface area (Å²) in [6.45, 7) is 6.77. The fourth-order valence-corrected chi connectivity index (χ4v) is 9.06.